The van der Waals surface area contributed by atoms with Crippen LogP contribution in [0.2, 0.25) is 0 Å². The van der Waals surface area contributed by atoms with E-state index in [0.29, 0.717) is 12.6 Å². The molecular weight excluding hydrogens is 470 g/mol. The molecule has 0 saturated heterocycles. The summed E-state index contributed by atoms with van der Waals surface area (Å²) in [5.41, 5.74) is 4.77. The molecule has 5 rings (SSSR count). The highest BCUT2D eigenvalue weighted by Crippen LogP contribution is 2.36. The Labute approximate surface area is 214 Å². The zero-order valence-corrected chi connectivity index (χ0v) is 20.7. The summed E-state index contributed by atoms with van der Waals surface area (Å²) in [6.07, 6.45) is 4.63. The number of aromatic nitrogens is 2. The van der Waals surface area contributed by atoms with Gasteiger partial charge in [0.05, 0.1) is 22.9 Å². The van der Waals surface area contributed by atoms with Gasteiger partial charge in [0.1, 0.15) is 18.1 Å². The number of rotatable bonds is 9. The number of carboxylic acids is 1. The molecule has 0 unspecified atom stereocenters. The number of nitro groups is 1. The first-order chi connectivity index (χ1) is 17.9. The number of hydrogen-bond acceptors (Lipinski definition) is 5. The number of nitrogens with zero attached hydrogens (tertiary/aromatic N) is 3. The number of hydrogen-bond donors (Lipinski definition) is 1. The van der Waals surface area contributed by atoms with Crippen LogP contribution in [0.25, 0.3) is 22.2 Å². The Hall–Kier alpha value is -4.20. The second-order valence-electron chi connectivity index (χ2n) is 9.74. The van der Waals surface area contributed by atoms with Crippen molar-refractivity contribution in [1.82, 2.24) is 9.78 Å². The molecule has 0 radical (unpaired) electrons. The molecule has 4 aromatic rings. The number of fused-ring (bicyclic) bond motifs is 1. The Morgan fingerprint density at radius 3 is 2.46 bits per heavy atom. The van der Waals surface area contributed by atoms with Crippen LogP contribution in [0.1, 0.15) is 62.1 Å². The fourth-order valence-electron chi connectivity index (χ4n) is 5.09. The van der Waals surface area contributed by atoms with Crippen molar-refractivity contribution >= 4 is 22.6 Å². The van der Waals surface area contributed by atoms with E-state index in [4.69, 9.17) is 14.9 Å². The van der Waals surface area contributed by atoms with Crippen LogP contribution in [0, 0.1) is 10.1 Å². The molecule has 190 valence electrons. The van der Waals surface area contributed by atoms with E-state index in [2.05, 4.69) is 16.8 Å². The second-order valence-corrected chi connectivity index (χ2v) is 9.74. The van der Waals surface area contributed by atoms with Crippen LogP contribution in [-0.2, 0) is 11.4 Å². The minimum absolute atomic E-state index is 0.0604. The van der Waals surface area contributed by atoms with Gasteiger partial charge < -0.3 is 9.84 Å². The lowest BCUT2D eigenvalue weighted by Crippen LogP contribution is -2.06. The molecule has 1 aliphatic rings. The fraction of sp³-hybridized carbons (Fsp3) is 0.310. The van der Waals surface area contributed by atoms with Crippen LogP contribution in [-0.4, -0.2) is 25.8 Å². The molecule has 1 aromatic heterocycles. The molecule has 1 aliphatic carbocycles. The minimum Gasteiger partial charge on any atom is -0.489 e. The van der Waals surface area contributed by atoms with Gasteiger partial charge in [-0.2, -0.15) is 5.10 Å². The topological polar surface area (TPSA) is 107 Å². The van der Waals surface area contributed by atoms with Gasteiger partial charge in [-0.3, -0.25) is 19.6 Å². The van der Waals surface area contributed by atoms with E-state index < -0.39 is 10.9 Å². The predicted molar refractivity (Wildman–Crippen MR) is 141 cm³/mol. The number of ether oxygens (including phenoxy) is 1. The summed E-state index contributed by atoms with van der Waals surface area (Å²) >= 11 is 0. The van der Waals surface area contributed by atoms with Crippen LogP contribution in [0.4, 0.5) is 5.69 Å². The monoisotopic (exact) mass is 499 g/mol. The van der Waals surface area contributed by atoms with Crippen molar-refractivity contribution in [3.63, 3.8) is 0 Å². The Balaban J connectivity index is 1.39. The summed E-state index contributed by atoms with van der Waals surface area (Å²) < 4.78 is 8.17. The van der Waals surface area contributed by atoms with Gasteiger partial charge in [-0.05, 0) is 60.2 Å². The van der Waals surface area contributed by atoms with E-state index in [0.717, 1.165) is 51.9 Å². The van der Waals surface area contributed by atoms with Crippen molar-refractivity contribution < 1.29 is 19.6 Å². The largest absolute Gasteiger partial charge is 0.489 e. The number of carbonyl (C=O) groups is 1. The molecule has 0 amide bonds. The predicted octanol–water partition coefficient (Wildman–Crippen LogP) is 6.88. The standard InChI is InChI=1S/C29H29N3O5/c1-19(16-28(33)34)21-9-13-25(14-10-21)37-18-20-6-15-26-27(17-20)31(23-4-2-3-5-23)30-29(26)22-7-11-24(12-8-22)32(35)36/h6-15,17,19,23H,2-5,16,18H2,1H3,(H,33,34)/t19-/m1/s1. The number of non-ortho nitro benzene ring substituents is 1. The van der Waals surface area contributed by atoms with Gasteiger partial charge in [-0.25, -0.2) is 0 Å². The quantitative estimate of drug-likeness (QED) is 0.199. The van der Waals surface area contributed by atoms with E-state index in [1.807, 2.05) is 37.3 Å². The molecule has 3 aromatic carbocycles. The normalized spacial score (nSPS) is 14.6. The third-order valence-electron chi connectivity index (χ3n) is 7.13. The Morgan fingerprint density at radius 2 is 1.81 bits per heavy atom. The van der Waals surface area contributed by atoms with Gasteiger partial charge in [0.25, 0.3) is 5.69 Å². The van der Waals surface area contributed by atoms with Crippen molar-refractivity contribution in [2.45, 2.75) is 57.6 Å². The van der Waals surface area contributed by atoms with E-state index >= 15 is 0 Å². The molecule has 1 fully saturated rings. The highest BCUT2D eigenvalue weighted by Gasteiger charge is 2.23. The average Bonchev–Trinajstić information content (AvgIpc) is 3.55. The van der Waals surface area contributed by atoms with Gasteiger partial charge in [0, 0.05) is 23.1 Å². The minimum atomic E-state index is -0.809. The summed E-state index contributed by atoms with van der Waals surface area (Å²) in [7, 11) is 0. The molecule has 8 heteroatoms. The third-order valence-corrected chi connectivity index (χ3v) is 7.13. The highest BCUT2D eigenvalue weighted by molar-refractivity contribution is 5.94. The van der Waals surface area contributed by atoms with Gasteiger partial charge >= 0.3 is 5.97 Å². The maximum atomic E-state index is 11.1. The molecule has 1 heterocycles. The molecule has 0 aliphatic heterocycles. The number of benzene rings is 3. The molecule has 0 bridgehead atoms. The Morgan fingerprint density at radius 1 is 1.11 bits per heavy atom. The Kier molecular flexibility index (Phi) is 6.90. The zero-order valence-electron chi connectivity index (χ0n) is 20.7. The summed E-state index contributed by atoms with van der Waals surface area (Å²) in [5, 5.41) is 26.1. The lowest BCUT2D eigenvalue weighted by molar-refractivity contribution is -0.384. The smallest absolute Gasteiger partial charge is 0.303 e. The maximum absolute atomic E-state index is 11.1. The van der Waals surface area contributed by atoms with Crippen molar-refractivity contribution in [3.05, 3.63) is 88.0 Å². The fourth-order valence-corrected chi connectivity index (χ4v) is 5.09. The van der Waals surface area contributed by atoms with Crippen LogP contribution in [0.5, 0.6) is 5.75 Å². The van der Waals surface area contributed by atoms with E-state index in [-0.39, 0.29) is 18.0 Å². The molecule has 0 spiro atoms. The van der Waals surface area contributed by atoms with Gasteiger partial charge in [0.2, 0.25) is 0 Å². The summed E-state index contributed by atoms with van der Waals surface area (Å²) in [6, 6.07) is 20.7. The van der Waals surface area contributed by atoms with E-state index in [1.165, 1.54) is 25.0 Å². The SMILES string of the molecule is C[C@H](CC(=O)O)c1ccc(OCc2ccc3c(-c4ccc([N+](=O)[O-])cc4)nn(C4CCCC4)c3c2)cc1. The van der Waals surface area contributed by atoms with Crippen LogP contribution in [0.15, 0.2) is 66.7 Å². The van der Waals surface area contributed by atoms with E-state index in [1.54, 1.807) is 12.1 Å². The lowest BCUT2D eigenvalue weighted by Gasteiger charge is -2.13. The van der Waals surface area contributed by atoms with Gasteiger partial charge in [-0.1, -0.05) is 44.0 Å². The van der Waals surface area contributed by atoms with Crippen LogP contribution >= 0.6 is 0 Å². The van der Waals surface area contributed by atoms with Crippen molar-refractivity contribution in [2.24, 2.45) is 0 Å². The van der Waals surface area contributed by atoms with Crippen molar-refractivity contribution in [2.75, 3.05) is 0 Å². The van der Waals surface area contributed by atoms with Crippen LogP contribution < -0.4 is 4.74 Å². The molecule has 8 nitrogen and oxygen atoms in total. The number of nitro benzene ring substituents is 1. The highest BCUT2D eigenvalue weighted by atomic mass is 16.6. The first-order valence-corrected chi connectivity index (χ1v) is 12.6. The number of aliphatic carboxylic acids is 1. The maximum Gasteiger partial charge on any atom is 0.303 e. The van der Waals surface area contributed by atoms with E-state index in [9.17, 15) is 14.9 Å². The third kappa shape index (κ3) is 5.33. The molecule has 1 saturated carbocycles. The summed E-state index contributed by atoms with van der Waals surface area (Å²) in [4.78, 5) is 21.7. The average molecular weight is 500 g/mol. The molecular formula is C29H29N3O5. The molecule has 1 N–H and O–H groups in total. The van der Waals surface area contributed by atoms with Crippen molar-refractivity contribution in [1.29, 1.82) is 0 Å². The first kappa shape index (κ1) is 24.5. The van der Waals surface area contributed by atoms with Crippen molar-refractivity contribution in [3.8, 4) is 17.0 Å². The first-order valence-electron chi connectivity index (χ1n) is 12.6. The zero-order chi connectivity index (χ0) is 25.9. The molecule has 37 heavy (non-hydrogen) atoms. The van der Waals surface area contributed by atoms with Gasteiger partial charge in [0.15, 0.2) is 0 Å². The Bertz CT molecular complexity index is 1420. The van der Waals surface area contributed by atoms with Gasteiger partial charge in [-0.15, -0.1) is 0 Å². The number of carboxylic acid groups (broad SMARTS) is 1. The summed E-state index contributed by atoms with van der Waals surface area (Å²) in [5.74, 6) is -0.145. The summed E-state index contributed by atoms with van der Waals surface area (Å²) in [6.45, 7) is 2.29. The molecule has 1 atom stereocenters. The lowest BCUT2D eigenvalue weighted by atomic mass is 9.98. The second kappa shape index (κ2) is 10.4. The van der Waals surface area contributed by atoms with Crippen LogP contribution in [0.3, 0.4) is 0 Å².